The van der Waals surface area contributed by atoms with Gasteiger partial charge in [0.15, 0.2) is 5.76 Å². The van der Waals surface area contributed by atoms with E-state index in [2.05, 4.69) is 15.2 Å². The highest BCUT2D eigenvalue weighted by atomic mass is 32.2. The number of aromatic nitrogens is 1. The lowest BCUT2D eigenvalue weighted by Crippen LogP contribution is -2.14. The first-order valence-electron chi connectivity index (χ1n) is 10.5. The van der Waals surface area contributed by atoms with Crippen molar-refractivity contribution < 1.29 is 17.7 Å². The van der Waals surface area contributed by atoms with Gasteiger partial charge in [0.2, 0.25) is 5.91 Å². The lowest BCUT2D eigenvalue weighted by molar-refractivity contribution is -0.117. The van der Waals surface area contributed by atoms with E-state index in [1.807, 2.05) is 19.1 Å². The van der Waals surface area contributed by atoms with Gasteiger partial charge in [-0.2, -0.15) is 0 Å². The van der Waals surface area contributed by atoms with E-state index in [0.29, 0.717) is 22.8 Å². The Kier molecular flexibility index (Phi) is 6.14. The van der Waals surface area contributed by atoms with Gasteiger partial charge in [0.05, 0.1) is 10.6 Å². The average Bonchev–Trinajstić information content (AvgIpc) is 3.58. The molecule has 0 saturated heterocycles. The number of sulfonamides is 1. The quantitative estimate of drug-likeness (QED) is 0.509. The minimum atomic E-state index is -3.70. The Morgan fingerprint density at radius 2 is 1.84 bits per heavy atom. The smallest absolute Gasteiger partial charge is 0.261 e. The molecule has 1 saturated carbocycles. The zero-order chi connectivity index (χ0) is 22.7. The molecular formula is C24H25N3O4S. The number of hydrogen-bond donors (Lipinski definition) is 2. The third kappa shape index (κ3) is 4.91. The highest BCUT2D eigenvalue weighted by Gasteiger charge is 2.30. The van der Waals surface area contributed by atoms with Crippen molar-refractivity contribution in [1.82, 2.24) is 5.16 Å². The van der Waals surface area contributed by atoms with E-state index in [1.54, 1.807) is 55.5 Å². The Morgan fingerprint density at radius 3 is 2.53 bits per heavy atom. The van der Waals surface area contributed by atoms with Crippen LogP contribution in [0.15, 0.2) is 57.9 Å². The van der Waals surface area contributed by atoms with E-state index in [0.717, 1.165) is 30.4 Å². The summed E-state index contributed by atoms with van der Waals surface area (Å²) >= 11 is 0. The summed E-state index contributed by atoms with van der Waals surface area (Å²) < 4.78 is 33.5. The molecule has 2 N–H and O–H groups in total. The van der Waals surface area contributed by atoms with Gasteiger partial charge in [-0.3, -0.25) is 9.52 Å². The van der Waals surface area contributed by atoms with Crippen LogP contribution >= 0.6 is 0 Å². The van der Waals surface area contributed by atoms with Crippen LogP contribution < -0.4 is 10.0 Å². The minimum absolute atomic E-state index is 0.0161. The van der Waals surface area contributed by atoms with Crippen LogP contribution in [0.4, 0.5) is 11.4 Å². The number of anilines is 2. The molecule has 3 aromatic rings. The predicted octanol–water partition coefficient (Wildman–Crippen LogP) is 4.87. The van der Waals surface area contributed by atoms with Crippen molar-refractivity contribution in [3.05, 3.63) is 71.1 Å². The lowest BCUT2D eigenvalue weighted by atomic mass is 10.1. The van der Waals surface area contributed by atoms with Crippen molar-refractivity contribution in [3.63, 3.8) is 0 Å². The number of amides is 1. The molecule has 1 amide bonds. The molecule has 1 aliphatic carbocycles. The largest absolute Gasteiger partial charge is 0.354 e. The van der Waals surface area contributed by atoms with Gasteiger partial charge in [0.1, 0.15) is 11.4 Å². The van der Waals surface area contributed by atoms with E-state index in [-0.39, 0.29) is 16.7 Å². The van der Waals surface area contributed by atoms with E-state index >= 15 is 0 Å². The number of carbonyl (C=O) groups excluding carboxylic acids is 1. The Balaban J connectivity index is 1.48. The SMILES string of the molecule is CCc1ccccc1NS(=O)(=O)c1ccc(C=Cc2onc(C)c2NC(=O)C2CC2)cc1. The fourth-order valence-electron chi connectivity index (χ4n) is 3.29. The van der Waals surface area contributed by atoms with Crippen LogP contribution in [0, 0.1) is 12.8 Å². The third-order valence-electron chi connectivity index (χ3n) is 5.35. The van der Waals surface area contributed by atoms with Crippen molar-refractivity contribution in [1.29, 1.82) is 0 Å². The number of benzene rings is 2. The fraction of sp³-hybridized carbons (Fsp3) is 0.250. The van der Waals surface area contributed by atoms with Crippen LogP contribution in [-0.4, -0.2) is 19.5 Å². The summed E-state index contributed by atoms with van der Waals surface area (Å²) in [6, 6.07) is 13.9. The van der Waals surface area contributed by atoms with Crippen LogP contribution in [0.3, 0.4) is 0 Å². The summed E-state index contributed by atoms with van der Waals surface area (Å²) in [4.78, 5) is 12.3. The second-order valence-corrected chi connectivity index (χ2v) is 9.47. The van der Waals surface area contributed by atoms with Gasteiger partial charge in [-0.25, -0.2) is 8.42 Å². The topological polar surface area (TPSA) is 101 Å². The van der Waals surface area contributed by atoms with E-state index in [4.69, 9.17) is 4.52 Å². The molecule has 0 radical (unpaired) electrons. The molecule has 4 rings (SSSR count). The molecule has 1 aromatic heterocycles. The lowest BCUT2D eigenvalue weighted by Gasteiger charge is -2.11. The summed E-state index contributed by atoms with van der Waals surface area (Å²) in [6.07, 6.45) is 6.04. The number of hydrogen-bond acceptors (Lipinski definition) is 5. The molecular weight excluding hydrogens is 426 g/mol. The first-order valence-corrected chi connectivity index (χ1v) is 12.0. The molecule has 2 aromatic carbocycles. The summed E-state index contributed by atoms with van der Waals surface area (Å²) in [5.74, 6) is 0.511. The molecule has 0 unspecified atom stereocenters. The molecule has 166 valence electrons. The molecule has 7 nitrogen and oxygen atoms in total. The molecule has 0 bridgehead atoms. The zero-order valence-corrected chi connectivity index (χ0v) is 18.8. The number of nitrogens with zero attached hydrogens (tertiary/aromatic N) is 1. The van der Waals surface area contributed by atoms with Crippen molar-refractivity contribution in [2.24, 2.45) is 5.92 Å². The highest BCUT2D eigenvalue weighted by molar-refractivity contribution is 7.92. The maximum Gasteiger partial charge on any atom is 0.261 e. The van der Waals surface area contributed by atoms with Crippen LogP contribution in [0.5, 0.6) is 0 Å². The van der Waals surface area contributed by atoms with Gasteiger partial charge >= 0.3 is 0 Å². The molecule has 0 spiro atoms. The second-order valence-electron chi connectivity index (χ2n) is 7.79. The molecule has 0 aliphatic heterocycles. The van der Waals surface area contributed by atoms with Gasteiger partial charge in [-0.15, -0.1) is 0 Å². The monoisotopic (exact) mass is 451 g/mol. The molecule has 1 aliphatic rings. The van der Waals surface area contributed by atoms with Gasteiger partial charge in [-0.1, -0.05) is 48.5 Å². The summed E-state index contributed by atoms with van der Waals surface area (Å²) in [5, 5.41) is 6.82. The zero-order valence-electron chi connectivity index (χ0n) is 18.0. The van der Waals surface area contributed by atoms with E-state index in [9.17, 15) is 13.2 Å². The number of rotatable bonds is 8. The number of carbonyl (C=O) groups is 1. The van der Waals surface area contributed by atoms with Gasteiger partial charge in [0, 0.05) is 5.92 Å². The summed E-state index contributed by atoms with van der Waals surface area (Å²) in [7, 11) is -3.70. The Bertz CT molecular complexity index is 1260. The normalized spacial score (nSPS) is 13.9. The number of para-hydroxylation sites is 1. The molecule has 8 heteroatoms. The number of nitrogens with one attached hydrogen (secondary N) is 2. The van der Waals surface area contributed by atoms with Crippen LogP contribution in [-0.2, 0) is 21.2 Å². The van der Waals surface area contributed by atoms with Crippen LogP contribution in [0.1, 0.15) is 42.3 Å². The summed E-state index contributed by atoms with van der Waals surface area (Å²) in [6.45, 7) is 3.75. The van der Waals surface area contributed by atoms with Crippen molar-refractivity contribution in [3.8, 4) is 0 Å². The van der Waals surface area contributed by atoms with Gasteiger partial charge in [0.25, 0.3) is 10.0 Å². The Morgan fingerprint density at radius 1 is 1.12 bits per heavy atom. The van der Waals surface area contributed by atoms with Crippen molar-refractivity contribution in [2.75, 3.05) is 10.0 Å². The molecule has 32 heavy (non-hydrogen) atoms. The second kappa shape index (κ2) is 9.00. The first kappa shape index (κ1) is 21.8. The molecule has 0 atom stereocenters. The summed E-state index contributed by atoms with van der Waals surface area (Å²) in [5.41, 5.74) is 3.48. The minimum Gasteiger partial charge on any atom is -0.354 e. The standard InChI is InChI=1S/C24H25N3O4S/c1-3-18-6-4-5-7-21(18)27-32(29,30)20-13-8-17(9-14-20)10-15-22-23(16(2)26-31-22)25-24(28)19-11-12-19/h4-10,13-15,19,27H,3,11-12H2,1-2H3,(H,25,28). The van der Waals surface area contributed by atoms with Crippen LogP contribution in [0.2, 0.25) is 0 Å². The number of aryl methyl sites for hydroxylation is 2. The maximum atomic E-state index is 12.8. The van der Waals surface area contributed by atoms with Crippen LogP contribution in [0.25, 0.3) is 12.2 Å². The fourth-order valence-corrected chi connectivity index (χ4v) is 4.39. The Labute approximate surface area is 187 Å². The highest BCUT2D eigenvalue weighted by Crippen LogP contribution is 2.32. The van der Waals surface area contributed by atoms with E-state index < -0.39 is 10.0 Å². The van der Waals surface area contributed by atoms with Crippen molar-refractivity contribution >= 4 is 39.5 Å². The first-order chi connectivity index (χ1) is 15.4. The molecule has 1 heterocycles. The third-order valence-corrected chi connectivity index (χ3v) is 6.73. The maximum absolute atomic E-state index is 12.8. The van der Waals surface area contributed by atoms with E-state index in [1.165, 1.54) is 0 Å². The van der Waals surface area contributed by atoms with Gasteiger partial charge in [-0.05, 0) is 61.6 Å². The average molecular weight is 452 g/mol. The van der Waals surface area contributed by atoms with Crippen molar-refractivity contribution in [2.45, 2.75) is 38.0 Å². The van der Waals surface area contributed by atoms with Gasteiger partial charge < -0.3 is 9.84 Å². The Hall–Kier alpha value is -3.39. The predicted molar refractivity (Wildman–Crippen MR) is 125 cm³/mol. The molecule has 1 fully saturated rings.